The Morgan fingerprint density at radius 2 is 1.78 bits per heavy atom. The molecule has 1 heterocycles. The number of likely N-dealkylation sites (N-methyl/N-ethyl adjacent to an activating group) is 1. The normalized spacial score (nSPS) is 20.7. The minimum Gasteiger partial charge on any atom is -0.332 e. The number of hydrogen-bond acceptors (Lipinski definition) is 2. The van der Waals surface area contributed by atoms with Gasteiger partial charge in [0, 0.05) is 19.5 Å². The van der Waals surface area contributed by atoms with E-state index < -0.39 is 0 Å². The molecule has 1 aliphatic rings. The van der Waals surface area contributed by atoms with Crippen LogP contribution < -0.4 is 0 Å². The Morgan fingerprint density at radius 3 is 2.44 bits per heavy atom. The van der Waals surface area contributed by atoms with Crippen molar-refractivity contribution in [1.82, 2.24) is 9.80 Å². The fourth-order valence-electron chi connectivity index (χ4n) is 2.12. The van der Waals surface area contributed by atoms with Crippen LogP contribution in [0.5, 0.6) is 0 Å². The largest absolute Gasteiger partial charge is 0.332 e. The molecular formula is C13H23ClN2O2. The summed E-state index contributed by atoms with van der Waals surface area (Å²) < 4.78 is 0. The fraction of sp³-hybridized carbons (Fsp3) is 0.846. The zero-order valence-corrected chi connectivity index (χ0v) is 12.1. The second kappa shape index (κ2) is 7.62. The van der Waals surface area contributed by atoms with Crippen LogP contribution in [0.3, 0.4) is 0 Å². The van der Waals surface area contributed by atoms with Gasteiger partial charge in [-0.25, -0.2) is 0 Å². The monoisotopic (exact) mass is 274 g/mol. The summed E-state index contributed by atoms with van der Waals surface area (Å²) in [6.07, 6.45) is 5.43. The van der Waals surface area contributed by atoms with Crippen LogP contribution in [0.15, 0.2) is 0 Å². The molecule has 4 nitrogen and oxygen atoms in total. The van der Waals surface area contributed by atoms with Gasteiger partial charge in [-0.2, -0.15) is 0 Å². The van der Waals surface area contributed by atoms with E-state index in [1.807, 2.05) is 0 Å². The van der Waals surface area contributed by atoms with Crippen molar-refractivity contribution in [2.45, 2.75) is 45.1 Å². The molecule has 18 heavy (non-hydrogen) atoms. The van der Waals surface area contributed by atoms with Crippen molar-refractivity contribution >= 4 is 23.4 Å². The lowest BCUT2D eigenvalue weighted by molar-refractivity contribution is -0.153. The Bertz CT molecular complexity index is 297. The molecule has 2 amide bonds. The van der Waals surface area contributed by atoms with Crippen molar-refractivity contribution < 1.29 is 9.59 Å². The first-order chi connectivity index (χ1) is 8.57. The first-order valence-electron chi connectivity index (χ1n) is 6.68. The molecule has 0 saturated carbocycles. The standard InChI is InChI=1S/C13H23ClN2O2/c1-11-13(18)16(10-12(17)15(11)2)9-7-5-3-4-6-8-14/h11H,3-10H2,1-2H3/t11-/m0/s1. The van der Waals surface area contributed by atoms with Gasteiger partial charge in [0.25, 0.3) is 0 Å². The quantitative estimate of drug-likeness (QED) is 0.525. The van der Waals surface area contributed by atoms with Crippen molar-refractivity contribution in [3.8, 4) is 0 Å². The molecule has 1 aliphatic heterocycles. The van der Waals surface area contributed by atoms with E-state index in [9.17, 15) is 9.59 Å². The van der Waals surface area contributed by atoms with E-state index in [2.05, 4.69) is 0 Å². The minimum absolute atomic E-state index is 0.0317. The number of nitrogens with zero attached hydrogens (tertiary/aromatic N) is 2. The average Bonchev–Trinajstić information content (AvgIpc) is 2.37. The fourth-order valence-corrected chi connectivity index (χ4v) is 2.30. The molecule has 0 unspecified atom stereocenters. The first-order valence-corrected chi connectivity index (χ1v) is 7.21. The molecule has 1 fully saturated rings. The lowest BCUT2D eigenvalue weighted by atomic mass is 10.1. The Hall–Kier alpha value is -0.770. The van der Waals surface area contributed by atoms with Crippen LogP contribution in [0, 0.1) is 0 Å². The minimum atomic E-state index is -0.317. The highest BCUT2D eigenvalue weighted by molar-refractivity contribution is 6.17. The molecule has 0 aromatic carbocycles. The molecule has 104 valence electrons. The summed E-state index contributed by atoms with van der Waals surface area (Å²) in [4.78, 5) is 26.8. The zero-order valence-electron chi connectivity index (χ0n) is 11.3. The number of halogens is 1. The van der Waals surface area contributed by atoms with E-state index in [0.717, 1.165) is 38.0 Å². The van der Waals surface area contributed by atoms with Gasteiger partial charge in [0.2, 0.25) is 11.8 Å². The van der Waals surface area contributed by atoms with Gasteiger partial charge in [0.05, 0.1) is 6.54 Å². The van der Waals surface area contributed by atoms with Crippen molar-refractivity contribution in [3.63, 3.8) is 0 Å². The Morgan fingerprint density at radius 1 is 1.17 bits per heavy atom. The molecule has 1 saturated heterocycles. The molecule has 5 heteroatoms. The summed E-state index contributed by atoms with van der Waals surface area (Å²) in [5.74, 6) is 0.824. The lowest BCUT2D eigenvalue weighted by Gasteiger charge is -2.36. The van der Waals surface area contributed by atoms with E-state index in [1.165, 1.54) is 4.90 Å². The average molecular weight is 275 g/mol. The third-order valence-electron chi connectivity index (χ3n) is 3.53. The Kier molecular flexibility index (Phi) is 6.47. The van der Waals surface area contributed by atoms with E-state index in [4.69, 9.17) is 11.6 Å². The highest BCUT2D eigenvalue weighted by Gasteiger charge is 2.33. The number of carbonyl (C=O) groups excluding carboxylic acids is 2. The summed E-state index contributed by atoms with van der Waals surface area (Å²) in [6, 6.07) is -0.317. The topological polar surface area (TPSA) is 40.6 Å². The second-order valence-corrected chi connectivity index (χ2v) is 5.28. The molecule has 0 aromatic rings. The highest BCUT2D eigenvalue weighted by Crippen LogP contribution is 2.12. The van der Waals surface area contributed by atoms with Gasteiger partial charge in [-0.3, -0.25) is 9.59 Å². The van der Waals surface area contributed by atoms with Gasteiger partial charge in [0.15, 0.2) is 0 Å². The van der Waals surface area contributed by atoms with Gasteiger partial charge in [-0.1, -0.05) is 19.3 Å². The SMILES string of the molecule is C[C@H]1C(=O)N(CCCCCCCCl)CC(=O)N1C. The Balaban J connectivity index is 2.25. The van der Waals surface area contributed by atoms with Gasteiger partial charge in [-0.15, -0.1) is 11.6 Å². The third-order valence-corrected chi connectivity index (χ3v) is 3.80. The van der Waals surface area contributed by atoms with Crippen molar-refractivity contribution in [2.75, 3.05) is 26.0 Å². The van der Waals surface area contributed by atoms with Crippen molar-refractivity contribution in [3.05, 3.63) is 0 Å². The summed E-state index contributed by atoms with van der Waals surface area (Å²) >= 11 is 5.61. The first kappa shape index (κ1) is 15.3. The maximum absolute atomic E-state index is 12.0. The van der Waals surface area contributed by atoms with Gasteiger partial charge < -0.3 is 9.80 Å². The van der Waals surface area contributed by atoms with Crippen LogP contribution >= 0.6 is 11.6 Å². The van der Waals surface area contributed by atoms with E-state index in [0.29, 0.717) is 6.54 Å². The summed E-state index contributed by atoms with van der Waals surface area (Å²) in [5, 5.41) is 0. The van der Waals surface area contributed by atoms with Crippen molar-refractivity contribution in [1.29, 1.82) is 0 Å². The predicted molar refractivity (Wildman–Crippen MR) is 72.6 cm³/mol. The number of hydrogen-bond donors (Lipinski definition) is 0. The highest BCUT2D eigenvalue weighted by atomic mass is 35.5. The molecule has 1 rings (SSSR count). The number of piperazine rings is 1. The molecule has 1 atom stereocenters. The van der Waals surface area contributed by atoms with E-state index >= 15 is 0 Å². The van der Waals surface area contributed by atoms with Crippen LogP contribution in [0.2, 0.25) is 0 Å². The third kappa shape index (κ3) is 4.16. The molecular weight excluding hydrogens is 252 g/mol. The van der Waals surface area contributed by atoms with Crippen LogP contribution in [0.4, 0.5) is 0 Å². The number of alkyl halides is 1. The second-order valence-electron chi connectivity index (χ2n) is 4.90. The molecule has 0 spiro atoms. The van der Waals surface area contributed by atoms with E-state index in [-0.39, 0.29) is 24.4 Å². The number of amides is 2. The molecule has 0 aliphatic carbocycles. The summed E-state index contributed by atoms with van der Waals surface area (Å²) in [5.41, 5.74) is 0. The summed E-state index contributed by atoms with van der Waals surface area (Å²) in [7, 11) is 1.69. The maximum atomic E-state index is 12.0. The summed E-state index contributed by atoms with van der Waals surface area (Å²) in [6.45, 7) is 2.72. The maximum Gasteiger partial charge on any atom is 0.245 e. The van der Waals surface area contributed by atoms with Gasteiger partial charge >= 0.3 is 0 Å². The predicted octanol–water partition coefficient (Wildman–Crippen LogP) is 1.86. The van der Waals surface area contributed by atoms with Crippen LogP contribution in [0.1, 0.15) is 39.0 Å². The Labute approximate surface area is 114 Å². The molecule has 0 bridgehead atoms. The number of unbranched alkanes of at least 4 members (excludes halogenated alkanes) is 4. The van der Waals surface area contributed by atoms with Crippen LogP contribution in [0.25, 0.3) is 0 Å². The van der Waals surface area contributed by atoms with Crippen LogP contribution in [-0.4, -0.2) is 53.7 Å². The lowest BCUT2D eigenvalue weighted by Crippen LogP contribution is -2.57. The van der Waals surface area contributed by atoms with E-state index in [1.54, 1.807) is 18.9 Å². The van der Waals surface area contributed by atoms with Gasteiger partial charge in [0.1, 0.15) is 6.04 Å². The number of carbonyl (C=O) groups is 2. The molecule has 0 N–H and O–H groups in total. The van der Waals surface area contributed by atoms with Crippen LogP contribution in [-0.2, 0) is 9.59 Å². The van der Waals surface area contributed by atoms with Gasteiger partial charge in [-0.05, 0) is 19.8 Å². The zero-order chi connectivity index (χ0) is 13.5. The molecule has 0 aromatic heterocycles. The molecule has 0 radical (unpaired) electrons. The number of rotatable bonds is 7. The smallest absolute Gasteiger partial charge is 0.245 e. The van der Waals surface area contributed by atoms with Crippen molar-refractivity contribution in [2.24, 2.45) is 0 Å².